The predicted octanol–water partition coefficient (Wildman–Crippen LogP) is -1.05. The van der Waals surface area contributed by atoms with Gasteiger partial charge < -0.3 is 9.90 Å². The summed E-state index contributed by atoms with van der Waals surface area (Å²) >= 11 is 0. The molecule has 1 aliphatic heterocycles. The Kier molecular flexibility index (Phi) is 3.63. The fraction of sp³-hybridized carbons (Fsp3) is 0.600. The fourth-order valence-corrected chi connectivity index (χ4v) is 0.841. The van der Waals surface area contributed by atoms with E-state index in [1.165, 1.54) is 0 Å². The fourth-order valence-electron chi connectivity index (χ4n) is 0.841. The average molecular weight is 236 g/mol. The molecule has 0 aliphatic carbocycles. The van der Waals surface area contributed by atoms with E-state index >= 15 is 0 Å². The number of hydrogen-bond acceptors (Lipinski definition) is 3. The predicted molar refractivity (Wildman–Crippen MR) is 26.3 cm³/mol. The monoisotopic (exact) mass is 235 g/mol. The van der Waals surface area contributed by atoms with Crippen molar-refractivity contribution in [2.24, 2.45) is 0 Å². The van der Waals surface area contributed by atoms with Crippen LogP contribution >= 0.6 is 0 Å². The van der Waals surface area contributed by atoms with Crippen LogP contribution < -0.4 is 5.11 Å². The molecule has 1 saturated heterocycles. The molecule has 0 unspecified atom stereocenters. The maximum absolute atomic E-state index is 10.5. The molecule has 10 heavy (non-hydrogen) atoms. The molecule has 2 amide bonds. The summed E-state index contributed by atoms with van der Waals surface area (Å²) in [6, 6.07) is 0. The van der Waals surface area contributed by atoms with Crippen molar-refractivity contribution in [1.29, 1.82) is 0 Å². The van der Waals surface area contributed by atoms with Gasteiger partial charge in [-0.25, -0.2) is 0 Å². The topological polar surface area (TPSA) is 60.4 Å². The van der Waals surface area contributed by atoms with Gasteiger partial charge in [0.1, 0.15) is 6.09 Å². The number of rotatable bonds is 0. The van der Waals surface area contributed by atoms with Crippen LogP contribution in [0.2, 0.25) is 0 Å². The van der Waals surface area contributed by atoms with Crippen LogP contribution in [-0.2, 0) is 27.2 Å². The molecule has 0 spiro atoms. The number of imide groups is 1. The quantitative estimate of drug-likeness (QED) is 0.504. The van der Waals surface area contributed by atoms with Gasteiger partial charge in [0.25, 0.3) is 0 Å². The van der Waals surface area contributed by atoms with E-state index < -0.39 is 6.09 Å². The Balaban J connectivity index is 0.000000810. The van der Waals surface area contributed by atoms with Crippen LogP contribution in [0, 0.1) is 0 Å². The number of carboxylic acid groups (broad SMARTS) is 1. The molecule has 60 valence electrons. The van der Waals surface area contributed by atoms with E-state index in [0.29, 0.717) is 19.4 Å². The van der Waals surface area contributed by atoms with Gasteiger partial charge in [-0.05, 0) is 6.42 Å². The summed E-state index contributed by atoms with van der Waals surface area (Å²) in [6.45, 7) is 0.307. The van der Waals surface area contributed by atoms with Crippen LogP contribution in [0.4, 0.5) is 4.79 Å². The third-order valence-electron chi connectivity index (χ3n) is 1.29. The minimum atomic E-state index is -1.38. The first-order valence-electron chi connectivity index (χ1n) is 2.73. The third-order valence-corrected chi connectivity index (χ3v) is 1.29. The zero-order valence-corrected chi connectivity index (χ0v) is 6.58. The van der Waals surface area contributed by atoms with Gasteiger partial charge in [0.05, 0.1) is 0 Å². The van der Waals surface area contributed by atoms with Crippen molar-refractivity contribution in [2.75, 3.05) is 6.54 Å². The van der Waals surface area contributed by atoms with E-state index in [4.69, 9.17) is 0 Å². The minimum Gasteiger partial charge on any atom is -0.530 e. The van der Waals surface area contributed by atoms with Gasteiger partial charge in [0.15, 0.2) is 0 Å². The summed E-state index contributed by atoms with van der Waals surface area (Å²) in [7, 11) is 0. The van der Waals surface area contributed by atoms with Gasteiger partial charge in [-0.2, -0.15) is 0 Å². The van der Waals surface area contributed by atoms with E-state index in [1.807, 2.05) is 0 Å². The molecule has 1 aliphatic rings. The van der Waals surface area contributed by atoms with Gasteiger partial charge in [0, 0.05) is 13.0 Å². The molecule has 1 heterocycles. The van der Waals surface area contributed by atoms with Gasteiger partial charge in [0.2, 0.25) is 5.91 Å². The summed E-state index contributed by atoms with van der Waals surface area (Å²) in [4.78, 5) is 21.3. The van der Waals surface area contributed by atoms with E-state index in [1.54, 1.807) is 0 Å². The molecule has 1 rings (SSSR count). The standard InChI is InChI=1S/C5H7NO3.Ag/c7-4-2-1-3-6(4)5(8)9;/h1-3H2,(H,8,9);/q;+1/p-1. The Morgan fingerprint density at radius 2 is 2.20 bits per heavy atom. The Morgan fingerprint density at radius 3 is 2.40 bits per heavy atom. The molecule has 0 saturated carbocycles. The Bertz CT molecular complexity index is 159. The summed E-state index contributed by atoms with van der Waals surface area (Å²) < 4.78 is 0. The number of likely N-dealkylation sites (tertiary alicyclic amines) is 1. The van der Waals surface area contributed by atoms with Gasteiger partial charge >= 0.3 is 22.4 Å². The molecule has 0 aromatic rings. The first-order valence-corrected chi connectivity index (χ1v) is 2.73. The summed E-state index contributed by atoms with van der Waals surface area (Å²) in [5, 5.41) is 10.0. The Hall–Kier alpha value is -0.320. The van der Waals surface area contributed by atoms with Crippen LogP contribution in [-0.4, -0.2) is 23.4 Å². The molecule has 0 aromatic carbocycles. The van der Waals surface area contributed by atoms with Crippen molar-refractivity contribution in [3.05, 3.63) is 0 Å². The van der Waals surface area contributed by atoms with E-state index in [2.05, 4.69) is 0 Å². The SMILES string of the molecule is O=C([O-])N1CCCC1=O.[Ag+]. The van der Waals surface area contributed by atoms with E-state index in [9.17, 15) is 14.7 Å². The molecule has 0 atom stereocenters. The minimum absolute atomic E-state index is 0. The van der Waals surface area contributed by atoms with Crippen molar-refractivity contribution in [3.8, 4) is 0 Å². The molecular weight excluding hydrogens is 230 g/mol. The van der Waals surface area contributed by atoms with Crippen molar-refractivity contribution >= 4 is 12.0 Å². The molecule has 1 fully saturated rings. The maximum Gasteiger partial charge on any atom is 1.00 e. The van der Waals surface area contributed by atoms with Gasteiger partial charge in [-0.1, -0.05) is 0 Å². The smallest absolute Gasteiger partial charge is 0.530 e. The van der Waals surface area contributed by atoms with Crippen LogP contribution in [0.15, 0.2) is 0 Å². The Labute approximate surface area is 73.7 Å². The molecule has 0 aromatic heterocycles. The second kappa shape index (κ2) is 3.75. The Morgan fingerprint density at radius 1 is 1.60 bits per heavy atom. The number of nitrogens with zero attached hydrogens (tertiary/aromatic N) is 1. The van der Waals surface area contributed by atoms with E-state index in [0.717, 1.165) is 4.90 Å². The second-order valence-electron chi connectivity index (χ2n) is 1.91. The zero-order chi connectivity index (χ0) is 6.85. The molecule has 0 bridgehead atoms. The van der Waals surface area contributed by atoms with Crippen LogP contribution in [0.5, 0.6) is 0 Å². The largest absolute Gasteiger partial charge is 1.00 e. The number of hydrogen-bond donors (Lipinski definition) is 0. The first-order chi connectivity index (χ1) is 4.22. The number of carbonyl (C=O) groups excluding carboxylic acids is 2. The molecule has 0 N–H and O–H groups in total. The van der Waals surface area contributed by atoms with E-state index in [-0.39, 0.29) is 28.3 Å². The summed E-state index contributed by atoms with van der Waals surface area (Å²) in [6.07, 6.45) is -0.404. The molecule has 0 radical (unpaired) electrons. The van der Waals surface area contributed by atoms with Crippen LogP contribution in [0.25, 0.3) is 0 Å². The molecule has 5 heteroatoms. The van der Waals surface area contributed by atoms with Crippen molar-refractivity contribution in [3.63, 3.8) is 0 Å². The van der Waals surface area contributed by atoms with Crippen molar-refractivity contribution in [2.45, 2.75) is 12.8 Å². The van der Waals surface area contributed by atoms with Gasteiger partial charge in [-0.15, -0.1) is 0 Å². The van der Waals surface area contributed by atoms with Gasteiger partial charge in [-0.3, -0.25) is 9.69 Å². The van der Waals surface area contributed by atoms with Crippen LogP contribution in [0.1, 0.15) is 12.8 Å². The second-order valence-corrected chi connectivity index (χ2v) is 1.91. The maximum atomic E-state index is 10.5. The third kappa shape index (κ3) is 1.83. The van der Waals surface area contributed by atoms with Crippen LogP contribution in [0.3, 0.4) is 0 Å². The van der Waals surface area contributed by atoms with Crippen molar-refractivity contribution in [1.82, 2.24) is 4.90 Å². The number of amides is 2. The zero-order valence-electron chi connectivity index (χ0n) is 5.09. The summed E-state index contributed by atoms with van der Waals surface area (Å²) in [5.41, 5.74) is 0. The summed E-state index contributed by atoms with van der Waals surface area (Å²) in [5.74, 6) is -0.338. The normalized spacial score (nSPS) is 16.8. The average Bonchev–Trinajstić information content (AvgIpc) is 2.13. The molecular formula is C5H6AgNO3. The first kappa shape index (κ1) is 9.68. The molecule has 4 nitrogen and oxygen atoms in total. The van der Waals surface area contributed by atoms with Crippen molar-refractivity contribution < 1.29 is 37.1 Å². The number of carbonyl (C=O) groups is 2.